The molecule has 0 aromatic carbocycles. The maximum absolute atomic E-state index is 11.2. The Morgan fingerprint density at radius 1 is 1.22 bits per heavy atom. The number of hydrogen-bond acceptors (Lipinski definition) is 4. The van der Waals surface area contributed by atoms with Gasteiger partial charge in [0.15, 0.2) is 0 Å². The molecule has 1 rings (SSSR count). The van der Waals surface area contributed by atoms with Crippen molar-refractivity contribution in [1.29, 1.82) is 0 Å². The first kappa shape index (κ1) is 14.9. The molecule has 0 aromatic heterocycles. The first-order chi connectivity index (χ1) is 8.58. The van der Waals surface area contributed by atoms with Gasteiger partial charge >= 0.3 is 0 Å². The molecule has 0 unspecified atom stereocenters. The SMILES string of the molecule is CC(=O)NCC(=O)NCCOC1CCC(N)CC1. The average molecular weight is 257 g/mol. The Hall–Kier alpha value is -1.14. The Morgan fingerprint density at radius 2 is 1.89 bits per heavy atom. The topological polar surface area (TPSA) is 93.5 Å². The zero-order valence-corrected chi connectivity index (χ0v) is 10.9. The second-order valence-corrected chi connectivity index (χ2v) is 4.67. The molecule has 104 valence electrons. The third kappa shape index (κ3) is 6.56. The van der Waals surface area contributed by atoms with Gasteiger partial charge in [-0.15, -0.1) is 0 Å². The Labute approximate surface area is 108 Å². The molecule has 2 amide bonds. The second-order valence-electron chi connectivity index (χ2n) is 4.67. The molecule has 6 heteroatoms. The zero-order chi connectivity index (χ0) is 13.4. The van der Waals surface area contributed by atoms with Gasteiger partial charge in [0, 0.05) is 19.5 Å². The fourth-order valence-electron chi connectivity index (χ4n) is 1.94. The highest BCUT2D eigenvalue weighted by Gasteiger charge is 2.18. The lowest BCUT2D eigenvalue weighted by atomic mass is 9.94. The number of rotatable bonds is 6. The standard InChI is InChI=1S/C12H23N3O3/c1-9(16)15-8-12(17)14-6-7-18-11-4-2-10(13)3-5-11/h10-11H,2-8,13H2,1H3,(H,14,17)(H,15,16). The van der Waals surface area contributed by atoms with Crippen LogP contribution in [0.3, 0.4) is 0 Å². The lowest BCUT2D eigenvalue weighted by Gasteiger charge is -2.26. The summed E-state index contributed by atoms with van der Waals surface area (Å²) >= 11 is 0. The molecule has 0 bridgehead atoms. The summed E-state index contributed by atoms with van der Waals surface area (Å²) in [6, 6.07) is 0.321. The van der Waals surface area contributed by atoms with Crippen LogP contribution < -0.4 is 16.4 Å². The van der Waals surface area contributed by atoms with E-state index < -0.39 is 0 Å². The predicted molar refractivity (Wildman–Crippen MR) is 67.9 cm³/mol. The lowest BCUT2D eigenvalue weighted by molar-refractivity contribution is -0.125. The largest absolute Gasteiger partial charge is 0.376 e. The number of carbonyl (C=O) groups is 2. The normalized spacial score (nSPS) is 23.4. The van der Waals surface area contributed by atoms with Gasteiger partial charge < -0.3 is 21.1 Å². The van der Waals surface area contributed by atoms with Crippen LogP contribution in [0.2, 0.25) is 0 Å². The summed E-state index contributed by atoms with van der Waals surface area (Å²) in [7, 11) is 0. The van der Waals surface area contributed by atoms with Crippen molar-refractivity contribution >= 4 is 11.8 Å². The van der Waals surface area contributed by atoms with Gasteiger partial charge in [-0.2, -0.15) is 0 Å². The van der Waals surface area contributed by atoms with Crippen molar-refractivity contribution in [2.45, 2.75) is 44.8 Å². The Morgan fingerprint density at radius 3 is 2.50 bits per heavy atom. The summed E-state index contributed by atoms with van der Waals surface area (Å²) in [5, 5.41) is 5.12. The van der Waals surface area contributed by atoms with E-state index in [0.29, 0.717) is 19.2 Å². The van der Waals surface area contributed by atoms with Crippen molar-refractivity contribution in [3.8, 4) is 0 Å². The summed E-state index contributed by atoms with van der Waals surface area (Å²) < 4.78 is 5.65. The minimum Gasteiger partial charge on any atom is -0.376 e. The van der Waals surface area contributed by atoms with Crippen LogP contribution in [0.1, 0.15) is 32.6 Å². The van der Waals surface area contributed by atoms with E-state index in [0.717, 1.165) is 25.7 Å². The van der Waals surface area contributed by atoms with Crippen molar-refractivity contribution in [3.63, 3.8) is 0 Å². The first-order valence-electron chi connectivity index (χ1n) is 6.46. The number of nitrogens with one attached hydrogen (secondary N) is 2. The molecule has 1 saturated carbocycles. The van der Waals surface area contributed by atoms with Crippen molar-refractivity contribution in [1.82, 2.24) is 10.6 Å². The highest BCUT2D eigenvalue weighted by atomic mass is 16.5. The van der Waals surface area contributed by atoms with Crippen LogP contribution in [0.4, 0.5) is 0 Å². The maximum atomic E-state index is 11.2. The molecule has 4 N–H and O–H groups in total. The Kier molecular flexibility index (Phi) is 6.67. The van der Waals surface area contributed by atoms with E-state index in [4.69, 9.17) is 10.5 Å². The molecule has 1 aliphatic carbocycles. The summed E-state index contributed by atoms with van der Waals surface area (Å²) in [6.45, 7) is 2.38. The first-order valence-corrected chi connectivity index (χ1v) is 6.46. The number of amides is 2. The van der Waals surface area contributed by atoms with E-state index in [1.165, 1.54) is 6.92 Å². The minimum atomic E-state index is -0.208. The van der Waals surface area contributed by atoms with Crippen molar-refractivity contribution in [3.05, 3.63) is 0 Å². The molecule has 1 aliphatic rings. The highest BCUT2D eigenvalue weighted by Crippen LogP contribution is 2.19. The predicted octanol–water partition coefficient (Wildman–Crippen LogP) is -0.475. The van der Waals surface area contributed by atoms with Gasteiger partial charge in [-0.1, -0.05) is 0 Å². The van der Waals surface area contributed by atoms with Gasteiger partial charge in [0.25, 0.3) is 0 Å². The maximum Gasteiger partial charge on any atom is 0.239 e. The molecule has 0 aliphatic heterocycles. The van der Waals surface area contributed by atoms with E-state index in [1.54, 1.807) is 0 Å². The van der Waals surface area contributed by atoms with Crippen molar-refractivity contribution in [2.75, 3.05) is 19.7 Å². The Bertz CT molecular complexity index is 276. The van der Waals surface area contributed by atoms with E-state index in [-0.39, 0.29) is 24.5 Å². The number of ether oxygens (including phenoxy) is 1. The van der Waals surface area contributed by atoms with E-state index in [9.17, 15) is 9.59 Å². The highest BCUT2D eigenvalue weighted by molar-refractivity contribution is 5.83. The van der Waals surface area contributed by atoms with Gasteiger partial charge in [0.05, 0.1) is 19.3 Å². The fourth-order valence-corrected chi connectivity index (χ4v) is 1.94. The van der Waals surface area contributed by atoms with Crippen LogP contribution >= 0.6 is 0 Å². The fraction of sp³-hybridized carbons (Fsp3) is 0.833. The van der Waals surface area contributed by atoms with Gasteiger partial charge in [0.2, 0.25) is 11.8 Å². The molecule has 0 aromatic rings. The summed E-state index contributed by atoms with van der Waals surface area (Å²) in [5.41, 5.74) is 5.80. The molecule has 0 heterocycles. The molecule has 0 radical (unpaired) electrons. The molecular weight excluding hydrogens is 234 g/mol. The molecule has 1 fully saturated rings. The van der Waals surface area contributed by atoms with Crippen LogP contribution in [0, 0.1) is 0 Å². The molecular formula is C12H23N3O3. The minimum absolute atomic E-state index is 0.0214. The second kappa shape index (κ2) is 8.05. The van der Waals surface area contributed by atoms with Crippen LogP contribution in [-0.4, -0.2) is 43.7 Å². The smallest absolute Gasteiger partial charge is 0.239 e. The lowest BCUT2D eigenvalue weighted by Crippen LogP contribution is -2.38. The van der Waals surface area contributed by atoms with Crippen LogP contribution in [-0.2, 0) is 14.3 Å². The number of hydrogen-bond donors (Lipinski definition) is 3. The molecule has 6 nitrogen and oxygen atoms in total. The van der Waals surface area contributed by atoms with Gasteiger partial charge in [-0.25, -0.2) is 0 Å². The summed E-state index contributed by atoms with van der Waals surface area (Å²) in [4.78, 5) is 21.8. The van der Waals surface area contributed by atoms with E-state index >= 15 is 0 Å². The van der Waals surface area contributed by atoms with Gasteiger partial charge in [-0.05, 0) is 25.7 Å². The van der Waals surface area contributed by atoms with Crippen LogP contribution in [0.25, 0.3) is 0 Å². The van der Waals surface area contributed by atoms with E-state index in [2.05, 4.69) is 10.6 Å². The van der Waals surface area contributed by atoms with Crippen LogP contribution in [0.15, 0.2) is 0 Å². The zero-order valence-electron chi connectivity index (χ0n) is 10.9. The quantitative estimate of drug-likeness (QED) is 0.561. The van der Waals surface area contributed by atoms with Gasteiger partial charge in [0.1, 0.15) is 0 Å². The summed E-state index contributed by atoms with van der Waals surface area (Å²) in [6.07, 6.45) is 4.30. The number of nitrogens with two attached hydrogens (primary N) is 1. The van der Waals surface area contributed by atoms with Crippen molar-refractivity contribution in [2.24, 2.45) is 5.73 Å². The third-order valence-corrected chi connectivity index (χ3v) is 2.99. The third-order valence-electron chi connectivity index (χ3n) is 2.99. The number of carbonyl (C=O) groups excluding carboxylic acids is 2. The molecule has 0 saturated heterocycles. The molecule has 18 heavy (non-hydrogen) atoms. The van der Waals surface area contributed by atoms with Gasteiger partial charge in [-0.3, -0.25) is 9.59 Å². The monoisotopic (exact) mass is 257 g/mol. The Balaban J connectivity index is 1.98. The summed E-state index contributed by atoms with van der Waals surface area (Å²) in [5.74, 6) is -0.403. The average Bonchev–Trinajstić information content (AvgIpc) is 2.34. The molecule has 0 spiro atoms. The van der Waals surface area contributed by atoms with Crippen molar-refractivity contribution < 1.29 is 14.3 Å². The van der Waals surface area contributed by atoms with Crippen LogP contribution in [0.5, 0.6) is 0 Å². The van der Waals surface area contributed by atoms with E-state index in [1.807, 2.05) is 0 Å². The molecule has 0 atom stereocenters.